The van der Waals surface area contributed by atoms with Gasteiger partial charge < -0.3 is 14.8 Å². The highest BCUT2D eigenvalue weighted by Crippen LogP contribution is 2.44. The van der Waals surface area contributed by atoms with E-state index in [1.807, 2.05) is 25.9 Å². The molecule has 6 heteroatoms. The number of amides is 1. The molecule has 4 rings (SSSR count). The number of piperidine rings is 1. The van der Waals surface area contributed by atoms with Gasteiger partial charge in [-0.25, -0.2) is 4.98 Å². The third-order valence-corrected chi connectivity index (χ3v) is 6.64. The number of aromatic amines is 1. The Morgan fingerprint density at radius 2 is 1.86 bits per heavy atom. The maximum Gasteiger partial charge on any atom is 0.254 e. The van der Waals surface area contributed by atoms with E-state index in [-0.39, 0.29) is 16.9 Å². The molecule has 154 valence electrons. The summed E-state index contributed by atoms with van der Waals surface area (Å²) in [6.45, 7) is 3.36. The van der Waals surface area contributed by atoms with Crippen LogP contribution in [0.25, 0.3) is 0 Å². The Balaban J connectivity index is 1.36. The van der Waals surface area contributed by atoms with Crippen LogP contribution < -0.4 is 10.5 Å². The van der Waals surface area contributed by atoms with Crippen molar-refractivity contribution in [2.24, 2.45) is 0 Å². The van der Waals surface area contributed by atoms with Crippen molar-refractivity contribution < 1.29 is 4.79 Å². The van der Waals surface area contributed by atoms with Crippen molar-refractivity contribution >= 4 is 11.6 Å². The third kappa shape index (κ3) is 3.80. The van der Waals surface area contributed by atoms with E-state index in [0.717, 1.165) is 56.5 Å². The Morgan fingerprint density at radius 3 is 2.52 bits per heavy atom. The summed E-state index contributed by atoms with van der Waals surface area (Å²) in [5.74, 6) is 0.915. The van der Waals surface area contributed by atoms with Gasteiger partial charge in [0, 0.05) is 50.3 Å². The Bertz CT molecular complexity index is 954. The van der Waals surface area contributed by atoms with Gasteiger partial charge in [0.2, 0.25) is 5.91 Å². The van der Waals surface area contributed by atoms with Crippen LogP contribution in [0.3, 0.4) is 0 Å². The SMILES string of the molecule is Cc1nc2c(c(=O)[nH]1)CCC21CCN(C(=O)CCc2ccc(N(C)C)cc2)CC1. The van der Waals surface area contributed by atoms with Crippen molar-refractivity contribution in [3.8, 4) is 0 Å². The van der Waals surface area contributed by atoms with Crippen molar-refractivity contribution in [2.75, 3.05) is 32.1 Å². The number of fused-ring (bicyclic) bond motifs is 2. The number of anilines is 1. The van der Waals surface area contributed by atoms with Crippen LogP contribution in [0.1, 0.15) is 48.3 Å². The average Bonchev–Trinajstić information content (AvgIpc) is 3.05. The van der Waals surface area contributed by atoms with E-state index in [0.29, 0.717) is 12.2 Å². The summed E-state index contributed by atoms with van der Waals surface area (Å²) in [7, 11) is 4.05. The molecule has 0 unspecified atom stereocenters. The van der Waals surface area contributed by atoms with Gasteiger partial charge in [-0.15, -0.1) is 0 Å². The zero-order chi connectivity index (χ0) is 20.6. The molecule has 0 saturated carbocycles. The molecule has 0 radical (unpaired) electrons. The van der Waals surface area contributed by atoms with E-state index >= 15 is 0 Å². The fraction of sp³-hybridized carbons (Fsp3) is 0.522. The zero-order valence-corrected chi connectivity index (χ0v) is 17.6. The highest BCUT2D eigenvalue weighted by Gasteiger charge is 2.44. The minimum absolute atomic E-state index is 0.0168. The third-order valence-electron chi connectivity index (χ3n) is 6.64. The van der Waals surface area contributed by atoms with Crippen molar-refractivity contribution in [2.45, 2.75) is 50.9 Å². The first-order chi connectivity index (χ1) is 13.9. The topological polar surface area (TPSA) is 69.3 Å². The number of nitrogens with one attached hydrogen (secondary N) is 1. The number of aryl methyl sites for hydroxylation is 2. The molecule has 0 bridgehead atoms. The van der Waals surface area contributed by atoms with Crippen molar-refractivity contribution in [3.05, 3.63) is 57.3 Å². The molecule has 1 aromatic carbocycles. The molecule has 1 aliphatic heterocycles. The summed E-state index contributed by atoms with van der Waals surface area (Å²) >= 11 is 0. The van der Waals surface area contributed by atoms with Gasteiger partial charge in [0.25, 0.3) is 5.56 Å². The second kappa shape index (κ2) is 7.65. The number of benzene rings is 1. The summed E-state index contributed by atoms with van der Waals surface area (Å²) < 4.78 is 0. The first-order valence-electron chi connectivity index (χ1n) is 10.5. The highest BCUT2D eigenvalue weighted by molar-refractivity contribution is 5.76. The van der Waals surface area contributed by atoms with Crippen LogP contribution in [0.15, 0.2) is 29.1 Å². The van der Waals surface area contributed by atoms with E-state index < -0.39 is 0 Å². The molecule has 0 atom stereocenters. The number of carbonyl (C=O) groups excluding carboxylic acids is 1. The Hall–Kier alpha value is -2.63. The number of nitrogens with zero attached hydrogens (tertiary/aromatic N) is 3. The molecular formula is C23H30N4O2. The lowest BCUT2D eigenvalue weighted by Gasteiger charge is -2.39. The van der Waals surface area contributed by atoms with E-state index in [2.05, 4.69) is 34.1 Å². The second-order valence-corrected chi connectivity index (χ2v) is 8.70. The molecule has 1 amide bonds. The lowest BCUT2D eigenvalue weighted by atomic mass is 9.76. The predicted octanol–water partition coefficient (Wildman–Crippen LogP) is 2.58. The molecule has 1 fully saturated rings. The number of hydrogen-bond donors (Lipinski definition) is 1. The summed E-state index contributed by atoms with van der Waals surface area (Å²) in [4.78, 5) is 36.6. The number of likely N-dealkylation sites (tertiary alicyclic amines) is 1. The summed E-state index contributed by atoms with van der Waals surface area (Å²) in [6, 6.07) is 8.40. The Labute approximate surface area is 172 Å². The number of carbonyl (C=O) groups is 1. The first kappa shape index (κ1) is 19.7. The minimum atomic E-state index is -0.0207. The molecule has 1 aliphatic carbocycles. The number of aromatic nitrogens is 2. The monoisotopic (exact) mass is 394 g/mol. The Morgan fingerprint density at radius 1 is 1.17 bits per heavy atom. The van der Waals surface area contributed by atoms with Crippen LogP contribution in [0.2, 0.25) is 0 Å². The van der Waals surface area contributed by atoms with Crippen LogP contribution in [-0.2, 0) is 23.1 Å². The molecule has 2 aromatic rings. The fourth-order valence-corrected chi connectivity index (χ4v) is 4.80. The van der Waals surface area contributed by atoms with E-state index in [1.165, 1.54) is 11.3 Å². The number of hydrogen-bond acceptors (Lipinski definition) is 4. The van der Waals surface area contributed by atoms with Gasteiger partial charge in [-0.1, -0.05) is 12.1 Å². The molecule has 29 heavy (non-hydrogen) atoms. The van der Waals surface area contributed by atoms with Gasteiger partial charge in [-0.2, -0.15) is 0 Å². The zero-order valence-electron chi connectivity index (χ0n) is 17.6. The molecular weight excluding hydrogens is 364 g/mol. The summed E-state index contributed by atoms with van der Waals surface area (Å²) in [5.41, 5.74) is 4.21. The lowest BCUT2D eigenvalue weighted by molar-refractivity contribution is -0.132. The average molecular weight is 395 g/mol. The van der Waals surface area contributed by atoms with Gasteiger partial charge in [-0.3, -0.25) is 9.59 Å². The van der Waals surface area contributed by atoms with Gasteiger partial charge in [0.1, 0.15) is 5.82 Å². The van der Waals surface area contributed by atoms with E-state index in [9.17, 15) is 9.59 Å². The van der Waals surface area contributed by atoms with Crippen molar-refractivity contribution in [1.82, 2.24) is 14.9 Å². The first-order valence-corrected chi connectivity index (χ1v) is 10.5. The molecule has 1 aromatic heterocycles. The largest absolute Gasteiger partial charge is 0.378 e. The highest BCUT2D eigenvalue weighted by atomic mass is 16.2. The normalized spacial score (nSPS) is 17.4. The molecule has 1 saturated heterocycles. The number of H-pyrrole nitrogens is 1. The van der Waals surface area contributed by atoms with Crippen LogP contribution in [0.4, 0.5) is 5.69 Å². The lowest BCUT2D eigenvalue weighted by Crippen LogP contribution is -2.45. The van der Waals surface area contributed by atoms with Gasteiger partial charge in [-0.05, 0) is 56.7 Å². The van der Waals surface area contributed by atoms with Gasteiger partial charge in [0.15, 0.2) is 0 Å². The van der Waals surface area contributed by atoms with Gasteiger partial charge >= 0.3 is 0 Å². The van der Waals surface area contributed by atoms with Gasteiger partial charge in [0.05, 0.1) is 5.69 Å². The second-order valence-electron chi connectivity index (χ2n) is 8.70. The smallest absolute Gasteiger partial charge is 0.254 e. The number of rotatable bonds is 4. The summed E-state index contributed by atoms with van der Waals surface area (Å²) in [5, 5.41) is 0. The van der Waals surface area contributed by atoms with Crippen molar-refractivity contribution in [3.63, 3.8) is 0 Å². The van der Waals surface area contributed by atoms with Crippen LogP contribution >= 0.6 is 0 Å². The predicted molar refractivity (Wildman–Crippen MR) is 114 cm³/mol. The molecule has 2 aliphatic rings. The maximum atomic E-state index is 12.8. The van der Waals surface area contributed by atoms with Crippen LogP contribution in [0.5, 0.6) is 0 Å². The van der Waals surface area contributed by atoms with Crippen LogP contribution in [0, 0.1) is 6.92 Å². The molecule has 1 N–H and O–H groups in total. The van der Waals surface area contributed by atoms with Crippen molar-refractivity contribution in [1.29, 1.82) is 0 Å². The quantitative estimate of drug-likeness (QED) is 0.865. The minimum Gasteiger partial charge on any atom is -0.378 e. The summed E-state index contributed by atoms with van der Waals surface area (Å²) in [6.07, 6.45) is 4.89. The maximum absolute atomic E-state index is 12.8. The molecule has 2 heterocycles. The standard InChI is InChI=1S/C23H30N4O2/c1-16-24-21-19(22(29)25-16)10-11-23(21)12-14-27(15-13-23)20(28)9-6-17-4-7-18(8-5-17)26(2)3/h4-5,7-8H,6,9-15H2,1-3H3,(H,24,25,29). The molecule has 1 spiro atoms. The Kier molecular flexibility index (Phi) is 5.19. The van der Waals surface area contributed by atoms with E-state index in [4.69, 9.17) is 4.98 Å². The van der Waals surface area contributed by atoms with E-state index in [1.54, 1.807) is 0 Å². The van der Waals surface area contributed by atoms with Crippen LogP contribution in [-0.4, -0.2) is 48.0 Å². The molecule has 6 nitrogen and oxygen atoms in total. The fourth-order valence-electron chi connectivity index (χ4n) is 4.80.